The summed E-state index contributed by atoms with van der Waals surface area (Å²) in [6.07, 6.45) is -0.0338. The molecule has 0 unspecified atom stereocenters. The zero-order chi connectivity index (χ0) is 14.5. The molecular weight excluding hydrogens is 272 g/mol. The quantitative estimate of drug-likeness (QED) is 0.745. The number of nitrogens with one attached hydrogen (secondary N) is 1. The van der Waals surface area contributed by atoms with Crippen molar-refractivity contribution in [3.05, 3.63) is 24.3 Å². The van der Waals surface area contributed by atoms with Gasteiger partial charge in [0.25, 0.3) is 0 Å². The molecule has 0 radical (unpaired) electrons. The van der Waals surface area contributed by atoms with Crippen molar-refractivity contribution in [2.45, 2.75) is 6.42 Å². The summed E-state index contributed by atoms with van der Waals surface area (Å²) in [7, 11) is -1.19. The highest BCUT2D eigenvalue weighted by molar-refractivity contribution is 7.90. The van der Waals surface area contributed by atoms with Crippen LogP contribution in [0.2, 0.25) is 0 Å². The van der Waals surface area contributed by atoms with Crippen molar-refractivity contribution < 1.29 is 23.1 Å². The Kier molecular flexibility index (Phi) is 5.13. The maximum absolute atomic E-state index is 11.9. The monoisotopic (exact) mass is 288 g/mol. The fourth-order valence-electron chi connectivity index (χ4n) is 1.27. The van der Waals surface area contributed by atoms with Crippen LogP contribution in [-0.4, -0.2) is 44.5 Å². The van der Waals surface area contributed by atoms with Crippen LogP contribution in [0.5, 0.6) is 5.75 Å². The summed E-state index contributed by atoms with van der Waals surface area (Å²) in [6, 6.07) is 5.73. The van der Waals surface area contributed by atoms with Gasteiger partial charge in [-0.05, 0) is 12.1 Å². The van der Waals surface area contributed by atoms with E-state index in [9.17, 15) is 18.3 Å². The second kappa shape index (κ2) is 6.39. The molecule has 0 aliphatic carbocycles. The van der Waals surface area contributed by atoms with E-state index in [0.29, 0.717) is 0 Å². The van der Waals surface area contributed by atoms with Crippen molar-refractivity contribution in [1.82, 2.24) is 4.31 Å². The molecule has 0 atom stereocenters. The van der Waals surface area contributed by atoms with Gasteiger partial charge in [0.15, 0.2) is 0 Å². The Hall–Kier alpha value is -1.80. The maximum Gasteiger partial charge on any atom is 0.306 e. The molecule has 1 aromatic rings. The summed E-state index contributed by atoms with van der Waals surface area (Å²) in [6.45, 7) is 0.000816. The number of carbonyl (C=O) groups excluding carboxylic acids is 1. The van der Waals surface area contributed by atoms with Gasteiger partial charge in [-0.2, -0.15) is 12.7 Å². The Morgan fingerprint density at radius 2 is 2.16 bits per heavy atom. The van der Waals surface area contributed by atoms with Crippen LogP contribution < -0.4 is 4.72 Å². The van der Waals surface area contributed by atoms with Gasteiger partial charge in [-0.25, -0.2) is 0 Å². The number of ether oxygens (including phenoxy) is 1. The number of rotatable bonds is 6. The Bertz CT molecular complexity index is 544. The summed E-state index contributed by atoms with van der Waals surface area (Å²) >= 11 is 0. The van der Waals surface area contributed by atoms with Gasteiger partial charge in [0, 0.05) is 19.7 Å². The molecule has 0 fully saturated rings. The Morgan fingerprint density at radius 3 is 2.74 bits per heavy atom. The van der Waals surface area contributed by atoms with Gasteiger partial charge in [-0.1, -0.05) is 6.07 Å². The molecule has 106 valence electrons. The van der Waals surface area contributed by atoms with Crippen LogP contribution in [0.4, 0.5) is 5.69 Å². The number of methoxy groups -OCH3 is 1. The summed E-state index contributed by atoms with van der Waals surface area (Å²) in [5, 5.41) is 9.25. The standard InChI is InChI=1S/C11H16N2O5S/c1-13(7-6-11(15)18-2)19(16,17)12-9-4-3-5-10(14)8-9/h3-5,8,12,14H,6-7H2,1-2H3. The molecule has 0 saturated heterocycles. The largest absolute Gasteiger partial charge is 0.508 e. The van der Waals surface area contributed by atoms with Crippen molar-refractivity contribution in [2.24, 2.45) is 0 Å². The van der Waals surface area contributed by atoms with Gasteiger partial charge in [-0.15, -0.1) is 0 Å². The number of aromatic hydroxyl groups is 1. The lowest BCUT2D eigenvalue weighted by Gasteiger charge is -2.17. The highest BCUT2D eigenvalue weighted by Crippen LogP contribution is 2.17. The number of anilines is 1. The summed E-state index contributed by atoms with van der Waals surface area (Å²) < 4.78 is 31.5. The highest BCUT2D eigenvalue weighted by Gasteiger charge is 2.18. The van der Waals surface area contributed by atoms with Gasteiger partial charge >= 0.3 is 16.2 Å². The highest BCUT2D eigenvalue weighted by atomic mass is 32.2. The van der Waals surface area contributed by atoms with E-state index in [1.165, 1.54) is 38.4 Å². The zero-order valence-corrected chi connectivity index (χ0v) is 11.5. The van der Waals surface area contributed by atoms with E-state index in [-0.39, 0.29) is 24.4 Å². The minimum absolute atomic E-state index is 0.000816. The molecule has 0 bridgehead atoms. The first kappa shape index (κ1) is 15.3. The summed E-state index contributed by atoms with van der Waals surface area (Å²) in [5.74, 6) is -0.531. The topological polar surface area (TPSA) is 95.9 Å². The molecule has 1 aromatic carbocycles. The normalized spacial score (nSPS) is 11.3. The first-order valence-corrected chi connectivity index (χ1v) is 6.89. The molecule has 0 amide bonds. The molecule has 1 rings (SSSR count). The predicted octanol–water partition coefficient (Wildman–Crippen LogP) is 0.544. The number of phenols is 1. The number of hydrogen-bond donors (Lipinski definition) is 2. The first-order chi connectivity index (χ1) is 8.85. The second-order valence-electron chi connectivity index (χ2n) is 3.81. The number of esters is 1. The third kappa shape index (κ3) is 4.76. The van der Waals surface area contributed by atoms with Crippen molar-refractivity contribution in [2.75, 3.05) is 25.4 Å². The van der Waals surface area contributed by atoms with Crippen LogP contribution in [-0.2, 0) is 19.7 Å². The second-order valence-corrected chi connectivity index (χ2v) is 5.58. The van der Waals surface area contributed by atoms with Crippen molar-refractivity contribution in [3.8, 4) is 5.75 Å². The Morgan fingerprint density at radius 1 is 1.47 bits per heavy atom. The molecule has 0 spiro atoms. The van der Waals surface area contributed by atoms with Gasteiger partial charge in [0.2, 0.25) is 0 Å². The fourth-order valence-corrected chi connectivity index (χ4v) is 2.18. The molecule has 0 saturated carbocycles. The minimum atomic E-state index is -3.77. The van der Waals surface area contributed by atoms with E-state index in [4.69, 9.17) is 0 Å². The zero-order valence-electron chi connectivity index (χ0n) is 10.7. The average molecular weight is 288 g/mol. The number of hydrogen-bond acceptors (Lipinski definition) is 5. The van der Waals surface area contributed by atoms with E-state index in [0.717, 1.165) is 4.31 Å². The van der Waals surface area contributed by atoms with Crippen LogP contribution in [0.3, 0.4) is 0 Å². The van der Waals surface area contributed by atoms with Gasteiger partial charge in [0.1, 0.15) is 5.75 Å². The van der Waals surface area contributed by atoms with Crippen LogP contribution in [0.25, 0.3) is 0 Å². The van der Waals surface area contributed by atoms with Crippen molar-refractivity contribution in [1.29, 1.82) is 0 Å². The summed E-state index contributed by atoms with van der Waals surface area (Å²) in [4.78, 5) is 10.9. The van der Waals surface area contributed by atoms with Crippen LogP contribution in [0.15, 0.2) is 24.3 Å². The molecule has 8 heteroatoms. The predicted molar refractivity (Wildman–Crippen MR) is 69.9 cm³/mol. The minimum Gasteiger partial charge on any atom is -0.508 e. The van der Waals surface area contributed by atoms with E-state index in [2.05, 4.69) is 9.46 Å². The van der Waals surface area contributed by atoms with Gasteiger partial charge in [0.05, 0.1) is 19.2 Å². The van der Waals surface area contributed by atoms with Crippen LogP contribution >= 0.6 is 0 Å². The molecule has 0 heterocycles. The number of benzene rings is 1. The Balaban J connectivity index is 2.67. The number of carbonyl (C=O) groups is 1. The lowest BCUT2D eigenvalue weighted by Crippen LogP contribution is -2.34. The van der Waals surface area contributed by atoms with Gasteiger partial charge < -0.3 is 9.84 Å². The Labute approximate surface area is 112 Å². The van der Waals surface area contributed by atoms with E-state index >= 15 is 0 Å². The van der Waals surface area contributed by atoms with E-state index in [1.807, 2.05) is 0 Å². The molecular formula is C11H16N2O5S. The average Bonchev–Trinajstić information content (AvgIpc) is 2.34. The molecule has 19 heavy (non-hydrogen) atoms. The van der Waals surface area contributed by atoms with Gasteiger partial charge in [-0.3, -0.25) is 9.52 Å². The fraction of sp³-hybridized carbons (Fsp3) is 0.364. The van der Waals surface area contributed by atoms with Crippen molar-refractivity contribution in [3.63, 3.8) is 0 Å². The van der Waals surface area contributed by atoms with Crippen LogP contribution in [0.1, 0.15) is 6.42 Å². The van der Waals surface area contributed by atoms with Crippen LogP contribution in [0, 0.1) is 0 Å². The third-order valence-electron chi connectivity index (χ3n) is 2.36. The first-order valence-electron chi connectivity index (χ1n) is 5.45. The third-order valence-corrected chi connectivity index (χ3v) is 3.86. The smallest absolute Gasteiger partial charge is 0.306 e. The number of phenolic OH excluding ortho intramolecular Hbond substituents is 1. The van der Waals surface area contributed by atoms with Crippen molar-refractivity contribution >= 4 is 21.9 Å². The summed E-state index contributed by atoms with van der Waals surface area (Å²) in [5.41, 5.74) is 0.241. The molecule has 7 nitrogen and oxygen atoms in total. The number of nitrogens with zero attached hydrogens (tertiary/aromatic N) is 1. The van der Waals surface area contributed by atoms with E-state index < -0.39 is 16.2 Å². The molecule has 0 aliphatic heterocycles. The molecule has 2 N–H and O–H groups in total. The SMILES string of the molecule is COC(=O)CCN(C)S(=O)(=O)Nc1cccc(O)c1. The van der Waals surface area contributed by atoms with E-state index in [1.54, 1.807) is 0 Å². The molecule has 0 aliphatic rings. The lowest BCUT2D eigenvalue weighted by molar-refractivity contribution is -0.140. The maximum atomic E-state index is 11.9. The lowest BCUT2D eigenvalue weighted by atomic mass is 10.3. The molecule has 0 aromatic heterocycles.